The SMILES string of the molecule is NC1(c2nc(-c3cccc4ccccc34)no2)CCC1. The molecule has 20 heavy (non-hydrogen) atoms. The summed E-state index contributed by atoms with van der Waals surface area (Å²) in [7, 11) is 0. The summed E-state index contributed by atoms with van der Waals surface area (Å²) < 4.78 is 5.39. The molecule has 3 aromatic rings. The lowest BCUT2D eigenvalue weighted by Crippen LogP contribution is -2.43. The van der Waals surface area contributed by atoms with Gasteiger partial charge in [-0.2, -0.15) is 4.98 Å². The molecule has 2 N–H and O–H groups in total. The van der Waals surface area contributed by atoms with Gasteiger partial charge in [-0.15, -0.1) is 0 Å². The fourth-order valence-electron chi connectivity index (χ4n) is 2.73. The lowest BCUT2D eigenvalue weighted by molar-refractivity contribution is 0.181. The average molecular weight is 265 g/mol. The standard InChI is InChI=1S/C16H15N3O/c17-16(9-4-10-16)15-18-14(19-20-15)13-8-3-6-11-5-1-2-7-12(11)13/h1-3,5-8H,4,9-10,17H2. The minimum atomic E-state index is -0.407. The molecule has 1 aromatic heterocycles. The Balaban J connectivity index is 1.83. The van der Waals surface area contributed by atoms with Gasteiger partial charge in [0.25, 0.3) is 0 Å². The molecule has 0 unspecified atom stereocenters. The Hall–Kier alpha value is -2.20. The maximum absolute atomic E-state index is 6.23. The van der Waals surface area contributed by atoms with E-state index in [0.29, 0.717) is 11.7 Å². The van der Waals surface area contributed by atoms with Gasteiger partial charge in [-0.3, -0.25) is 0 Å². The molecule has 4 heteroatoms. The van der Waals surface area contributed by atoms with Gasteiger partial charge in [0, 0.05) is 5.56 Å². The highest BCUT2D eigenvalue weighted by molar-refractivity contribution is 5.94. The molecule has 1 aliphatic carbocycles. The minimum absolute atomic E-state index is 0.407. The van der Waals surface area contributed by atoms with Gasteiger partial charge in [0.2, 0.25) is 11.7 Å². The first-order chi connectivity index (χ1) is 9.76. The highest BCUT2D eigenvalue weighted by Gasteiger charge is 2.40. The summed E-state index contributed by atoms with van der Waals surface area (Å²) in [6.07, 6.45) is 2.97. The summed E-state index contributed by atoms with van der Waals surface area (Å²) >= 11 is 0. The molecule has 4 nitrogen and oxygen atoms in total. The predicted octanol–water partition coefficient (Wildman–Crippen LogP) is 3.23. The van der Waals surface area contributed by atoms with Crippen LogP contribution in [0, 0.1) is 0 Å². The molecule has 100 valence electrons. The van der Waals surface area contributed by atoms with E-state index in [4.69, 9.17) is 10.3 Å². The van der Waals surface area contributed by atoms with Crippen molar-refractivity contribution in [3.05, 3.63) is 48.4 Å². The van der Waals surface area contributed by atoms with E-state index >= 15 is 0 Å². The molecule has 1 aliphatic rings. The van der Waals surface area contributed by atoms with Crippen molar-refractivity contribution in [2.45, 2.75) is 24.8 Å². The van der Waals surface area contributed by atoms with E-state index in [1.54, 1.807) is 0 Å². The lowest BCUT2D eigenvalue weighted by atomic mass is 9.78. The smallest absolute Gasteiger partial charge is 0.247 e. The van der Waals surface area contributed by atoms with Crippen LogP contribution in [0.15, 0.2) is 47.0 Å². The molecular weight excluding hydrogens is 250 g/mol. The Morgan fingerprint density at radius 1 is 1.05 bits per heavy atom. The minimum Gasteiger partial charge on any atom is -0.337 e. The van der Waals surface area contributed by atoms with Gasteiger partial charge in [-0.1, -0.05) is 47.6 Å². The normalized spacial score (nSPS) is 17.1. The molecule has 1 fully saturated rings. The molecule has 1 heterocycles. The van der Waals surface area contributed by atoms with E-state index in [-0.39, 0.29) is 0 Å². The Morgan fingerprint density at radius 2 is 1.85 bits per heavy atom. The van der Waals surface area contributed by atoms with Crippen molar-refractivity contribution in [1.29, 1.82) is 0 Å². The molecule has 0 bridgehead atoms. The number of aromatic nitrogens is 2. The van der Waals surface area contributed by atoms with E-state index in [2.05, 4.69) is 28.3 Å². The summed E-state index contributed by atoms with van der Waals surface area (Å²) in [5.41, 5.74) is 6.81. The monoisotopic (exact) mass is 265 g/mol. The Bertz CT molecular complexity index is 769. The summed E-state index contributed by atoms with van der Waals surface area (Å²) in [6.45, 7) is 0. The van der Waals surface area contributed by atoms with E-state index in [0.717, 1.165) is 30.2 Å². The number of nitrogens with two attached hydrogens (primary N) is 1. The van der Waals surface area contributed by atoms with Crippen LogP contribution < -0.4 is 5.73 Å². The van der Waals surface area contributed by atoms with Crippen molar-refractivity contribution in [2.75, 3.05) is 0 Å². The number of fused-ring (bicyclic) bond motifs is 1. The van der Waals surface area contributed by atoms with Crippen molar-refractivity contribution >= 4 is 10.8 Å². The van der Waals surface area contributed by atoms with Crippen molar-refractivity contribution in [3.63, 3.8) is 0 Å². The van der Waals surface area contributed by atoms with Crippen LogP contribution in [-0.2, 0) is 5.54 Å². The van der Waals surface area contributed by atoms with E-state index in [9.17, 15) is 0 Å². The summed E-state index contributed by atoms with van der Waals surface area (Å²) in [5.74, 6) is 1.18. The molecule has 0 aliphatic heterocycles. The van der Waals surface area contributed by atoms with Gasteiger partial charge in [0.15, 0.2) is 0 Å². The maximum Gasteiger partial charge on any atom is 0.247 e. The zero-order valence-electron chi connectivity index (χ0n) is 11.0. The van der Waals surface area contributed by atoms with Crippen LogP contribution in [0.1, 0.15) is 25.2 Å². The predicted molar refractivity (Wildman–Crippen MR) is 77.0 cm³/mol. The summed E-state index contributed by atoms with van der Waals surface area (Å²) in [5, 5.41) is 6.41. The molecule has 0 radical (unpaired) electrons. The zero-order chi connectivity index (χ0) is 13.6. The van der Waals surface area contributed by atoms with E-state index in [1.165, 1.54) is 5.39 Å². The summed E-state index contributed by atoms with van der Waals surface area (Å²) in [4.78, 5) is 4.52. The van der Waals surface area contributed by atoms with Crippen LogP contribution in [0.2, 0.25) is 0 Å². The third kappa shape index (κ3) is 1.65. The Labute approximate surface area is 116 Å². The number of nitrogens with zero attached hydrogens (tertiary/aromatic N) is 2. The van der Waals surface area contributed by atoms with Crippen molar-refractivity contribution in [2.24, 2.45) is 5.73 Å². The largest absolute Gasteiger partial charge is 0.337 e. The van der Waals surface area contributed by atoms with E-state index in [1.807, 2.05) is 24.3 Å². The second kappa shape index (κ2) is 4.15. The maximum atomic E-state index is 6.23. The first kappa shape index (κ1) is 11.6. The van der Waals surface area contributed by atoms with Gasteiger partial charge in [0.1, 0.15) is 0 Å². The number of hydrogen-bond acceptors (Lipinski definition) is 4. The third-order valence-electron chi connectivity index (χ3n) is 4.13. The second-order valence-electron chi connectivity index (χ2n) is 5.46. The molecule has 0 spiro atoms. The molecule has 1 saturated carbocycles. The second-order valence-corrected chi connectivity index (χ2v) is 5.46. The third-order valence-corrected chi connectivity index (χ3v) is 4.13. The molecule has 2 aromatic carbocycles. The Morgan fingerprint density at radius 3 is 2.65 bits per heavy atom. The Kier molecular flexibility index (Phi) is 2.41. The molecule has 0 saturated heterocycles. The number of rotatable bonds is 2. The topological polar surface area (TPSA) is 64.9 Å². The van der Waals surface area contributed by atoms with Gasteiger partial charge < -0.3 is 10.3 Å². The lowest BCUT2D eigenvalue weighted by Gasteiger charge is -2.33. The van der Waals surface area contributed by atoms with Crippen molar-refractivity contribution < 1.29 is 4.52 Å². The van der Waals surface area contributed by atoms with Crippen LogP contribution in [0.3, 0.4) is 0 Å². The van der Waals surface area contributed by atoms with Gasteiger partial charge in [-0.05, 0) is 30.0 Å². The van der Waals surface area contributed by atoms with Crippen molar-refractivity contribution in [1.82, 2.24) is 10.1 Å². The summed E-state index contributed by atoms with van der Waals surface area (Å²) in [6, 6.07) is 14.3. The van der Waals surface area contributed by atoms with Crippen LogP contribution in [0.25, 0.3) is 22.2 Å². The van der Waals surface area contributed by atoms with Crippen LogP contribution in [0.5, 0.6) is 0 Å². The van der Waals surface area contributed by atoms with Crippen LogP contribution in [-0.4, -0.2) is 10.1 Å². The first-order valence-corrected chi connectivity index (χ1v) is 6.87. The van der Waals surface area contributed by atoms with Crippen LogP contribution >= 0.6 is 0 Å². The van der Waals surface area contributed by atoms with Crippen LogP contribution in [0.4, 0.5) is 0 Å². The van der Waals surface area contributed by atoms with E-state index < -0.39 is 5.54 Å². The van der Waals surface area contributed by atoms with Gasteiger partial charge in [0.05, 0.1) is 5.54 Å². The quantitative estimate of drug-likeness (QED) is 0.772. The molecule has 0 atom stereocenters. The fourth-order valence-corrected chi connectivity index (χ4v) is 2.73. The highest BCUT2D eigenvalue weighted by atomic mass is 16.5. The number of hydrogen-bond donors (Lipinski definition) is 1. The highest BCUT2D eigenvalue weighted by Crippen LogP contribution is 2.38. The molecule has 4 rings (SSSR count). The van der Waals surface area contributed by atoms with Gasteiger partial charge >= 0.3 is 0 Å². The zero-order valence-corrected chi connectivity index (χ0v) is 11.0. The molecule has 0 amide bonds. The van der Waals surface area contributed by atoms with Crippen molar-refractivity contribution in [3.8, 4) is 11.4 Å². The van der Waals surface area contributed by atoms with Gasteiger partial charge in [-0.25, -0.2) is 0 Å². The number of benzene rings is 2. The average Bonchev–Trinajstić information content (AvgIpc) is 2.94. The molecular formula is C16H15N3O. The fraction of sp³-hybridized carbons (Fsp3) is 0.250. The first-order valence-electron chi connectivity index (χ1n) is 6.87.